The first-order valence-electron chi connectivity index (χ1n) is 4.61. The molecular formula is C10H8N2O5. The maximum absolute atomic E-state index is 11.2. The van der Waals surface area contributed by atoms with Crippen molar-refractivity contribution in [3.05, 3.63) is 33.6 Å². The molecule has 1 aromatic rings. The second-order valence-corrected chi connectivity index (χ2v) is 2.82. The van der Waals surface area contributed by atoms with Crippen LogP contribution in [0, 0.1) is 21.4 Å². The van der Waals surface area contributed by atoms with Gasteiger partial charge in [0.05, 0.1) is 12.7 Å². The molecule has 0 unspecified atom stereocenters. The zero-order valence-electron chi connectivity index (χ0n) is 8.87. The molecular weight excluding hydrogens is 228 g/mol. The van der Waals surface area contributed by atoms with E-state index < -0.39 is 16.8 Å². The highest BCUT2D eigenvalue weighted by Gasteiger charge is 2.14. The molecule has 0 spiro atoms. The van der Waals surface area contributed by atoms with Crippen LogP contribution in [-0.2, 0) is 9.53 Å². The predicted octanol–water partition coefficient (Wildman–Crippen LogP) is 1.66. The summed E-state index contributed by atoms with van der Waals surface area (Å²) in [4.78, 5) is 20.9. The Morgan fingerprint density at radius 3 is 2.88 bits per heavy atom. The lowest BCUT2D eigenvalue weighted by Crippen LogP contribution is -2.05. The van der Waals surface area contributed by atoms with Gasteiger partial charge in [-0.25, -0.2) is 4.79 Å². The number of ether oxygens (including phenoxy) is 1. The Labute approximate surface area is 96.0 Å². The molecule has 17 heavy (non-hydrogen) atoms. The molecule has 1 rings (SSSR count). The number of carbonyl (C=O) groups is 1. The minimum Gasteiger partial charge on any atom is -0.462 e. The third-order valence-corrected chi connectivity index (χ3v) is 1.69. The largest absolute Gasteiger partial charge is 0.462 e. The summed E-state index contributed by atoms with van der Waals surface area (Å²) in [5.74, 6) is -1.22. The Bertz CT molecular complexity index is 509. The van der Waals surface area contributed by atoms with Crippen LogP contribution >= 0.6 is 0 Å². The maximum atomic E-state index is 11.2. The number of nitrogens with zero attached hydrogens (tertiary/aromatic N) is 2. The molecule has 1 aromatic heterocycles. The van der Waals surface area contributed by atoms with E-state index in [4.69, 9.17) is 9.68 Å². The monoisotopic (exact) mass is 236 g/mol. The summed E-state index contributed by atoms with van der Waals surface area (Å²) in [7, 11) is 0. The summed E-state index contributed by atoms with van der Waals surface area (Å²) >= 11 is 0. The van der Waals surface area contributed by atoms with E-state index in [1.54, 1.807) is 13.0 Å². The van der Waals surface area contributed by atoms with Crippen LogP contribution in [0.2, 0.25) is 0 Å². The second-order valence-electron chi connectivity index (χ2n) is 2.82. The average molecular weight is 236 g/mol. The summed E-state index contributed by atoms with van der Waals surface area (Å²) < 4.78 is 9.39. The zero-order valence-corrected chi connectivity index (χ0v) is 8.87. The van der Waals surface area contributed by atoms with Crippen molar-refractivity contribution >= 4 is 17.9 Å². The topological polar surface area (TPSA) is 106 Å². The van der Waals surface area contributed by atoms with E-state index in [0.717, 1.165) is 12.1 Å². The molecule has 0 aliphatic rings. The van der Waals surface area contributed by atoms with Crippen molar-refractivity contribution in [2.45, 2.75) is 6.92 Å². The van der Waals surface area contributed by atoms with Crippen molar-refractivity contribution in [1.82, 2.24) is 0 Å². The highest BCUT2D eigenvalue weighted by atomic mass is 16.6. The Morgan fingerprint density at radius 2 is 2.41 bits per heavy atom. The van der Waals surface area contributed by atoms with Crippen LogP contribution in [0.1, 0.15) is 12.7 Å². The summed E-state index contributed by atoms with van der Waals surface area (Å²) in [6.07, 6.45) is 1.09. The molecule has 0 saturated carbocycles. The zero-order chi connectivity index (χ0) is 12.8. The SMILES string of the molecule is CCOC(=O)/C(C#N)=C\c1ccc([N+](=O)[O-])o1. The van der Waals surface area contributed by atoms with E-state index in [2.05, 4.69) is 4.74 Å². The van der Waals surface area contributed by atoms with Crippen molar-refractivity contribution < 1.29 is 18.9 Å². The lowest BCUT2D eigenvalue weighted by Gasteiger charge is -1.97. The summed E-state index contributed by atoms with van der Waals surface area (Å²) in [5.41, 5.74) is -0.281. The molecule has 7 heteroatoms. The maximum Gasteiger partial charge on any atom is 0.433 e. The molecule has 0 fully saturated rings. The highest BCUT2D eigenvalue weighted by molar-refractivity contribution is 5.97. The molecule has 1 heterocycles. The minimum atomic E-state index is -0.797. The van der Waals surface area contributed by atoms with Gasteiger partial charge in [0.2, 0.25) is 0 Å². The van der Waals surface area contributed by atoms with E-state index >= 15 is 0 Å². The Morgan fingerprint density at radius 1 is 1.71 bits per heavy atom. The summed E-state index contributed by atoms with van der Waals surface area (Å²) in [6, 6.07) is 4.05. The van der Waals surface area contributed by atoms with Crippen LogP contribution in [0.4, 0.5) is 5.88 Å². The van der Waals surface area contributed by atoms with E-state index in [-0.39, 0.29) is 17.9 Å². The molecule has 0 saturated heterocycles. The van der Waals surface area contributed by atoms with E-state index in [1.165, 1.54) is 6.07 Å². The summed E-state index contributed by atoms with van der Waals surface area (Å²) in [5, 5.41) is 19.0. The van der Waals surface area contributed by atoms with Crippen LogP contribution in [-0.4, -0.2) is 17.5 Å². The lowest BCUT2D eigenvalue weighted by atomic mass is 10.2. The molecule has 0 N–H and O–H groups in total. The number of hydrogen-bond acceptors (Lipinski definition) is 6. The van der Waals surface area contributed by atoms with Crippen molar-refractivity contribution in [2.75, 3.05) is 6.61 Å². The fourth-order valence-electron chi connectivity index (χ4n) is 1.01. The van der Waals surface area contributed by atoms with Gasteiger partial charge >= 0.3 is 11.9 Å². The number of hydrogen-bond donors (Lipinski definition) is 0. The van der Waals surface area contributed by atoms with Crippen LogP contribution in [0.25, 0.3) is 6.08 Å². The lowest BCUT2D eigenvalue weighted by molar-refractivity contribution is -0.402. The number of nitro groups is 1. The standard InChI is InChI=1S/C10H8N2O5/c1-2-16-10(13)7(6-11)5-8-3-4-9(17-8)12(14)15/h3-5H,2H2,1H3/b7-5-. The molecule has 88 valence electrons. The van der Waals surface area contributed by atoms with Gasteiger partial charge in [0.1, 0.15) is 22.3 Å². The first kappa shape index (κ1) is 12.4. The molecule has 0 aromatic carbocycles. The molecule has 0 bridgehead atoms. The Hall–Kier alpha value is -2.62. The van der Waals surface area contributed by atoms with Gasteiger partial charge in [0.25, 0.3) is 0 Å². The van der Waals surface area contributed by atoms with E-state index in [1.807, 2.05) is 0 Å². The van der Waals surface area contributed by atoms with Gasteiger partial charge in [-0.1, -0.05) is 0 Å². The predicted molar refractivity (Wildman–Crippen MR) is 55.6 cm³/mol. The van der Waals surface area contributed by atoms with Crippen LogP contribution in [0.15, 0.2) is 22.1 Å². The highest BCUT2D eigenvalue weighted by Crippen LogP contribution is 2.18. The van der Waals surface area contributed by atoms with Gasteiger partial charge in [-0.3, -0.25) is 10.1 Å². The smallest absolute Gasteiger partial charge is 0.433 e. The van der Waals surface area contributed by atoms with Gasteiger partial charge in [-0.05, 0) is 13.0 Å². The van der Waals surface area contributed by atoms with Gasteiger partial charge < -0.3 is 9.15 Å². The number of esters is 1. The average Bonchev–Trinajstić information content (AvgIpc) is 2.74. The number of carbonyl (C=O) groups excluding carboxylic acids is 1. The van der Waals surface area contributed by atoms with E-state index in [9.17, 15) is 14.9 Å². The van der Waals surface area contributed by atoms with Crippen molar-refractivity contribution in [3.8, 4) is 6.07 Å². The normalized spacial score (nSPS) is 10.7. The third-order valence-electron chi connectivity index (χ3n) is 1.69. The quantitative estimate of drug-likeness (QED) is 0.258. The second kappa shape index (κ2) is 5.46. The third kappa shape index (κ3) is 3.17. The van der Waals surface area contributed by atoms with E-state index in [0.29, 0.717) is 0 Å². The van der Waals surface area contributed by atoms with Gasteiger partial charge in [0.15, 0.2) is 0 Å². The Kier molecular flexibility index (Phi) is 4.00. The minimum absolute atomic E-state index is 0.0429. The van der Waals surface area contributed by atoms with Crippen molar-refractivity contribution in [2.24, 2.45) is 0 Å². The van der Waals surface area contributed by atoms with Crippen molar-refractivity contribution in [1.29, 1.82) is 5.26 Å². The number of rotatable bonds is 4. The number of nitriles is 1. The first-order chi connectivity index (χ1) is 8.08. The fourth-order valence-corrected chi connectivity index (χ4v) is 1.01. The van der Waals surface area contributed by atoms with Crippen LogP contribution in [0.3, 0.4) is 0 Å². The van der Waals surface area contributed by atoms with Gasteiger partial charge in [0, 0.05) is 6.08 Å². The molecule has 0 aliphatic heterocycles. The first-order valence-corrected chi connectivity index (χ1v) is 4.61. The number of furan rings is 1. The van der Waals surface area contributed by atoms with Crippen LogP contribution < -0.4 is 0 Å². The van der Waals surface area contributed by atoms with Gasteiger partial charge in [-0.15, -0.1) is 0 Å². The molecule has 0 amide bonds. The molecule has 0 atom stereocenters. The van der Waals surface area contributed by atoms with Gasteiger partial charge in [-0.2, -0.15) is 5.26 Å². The fraction of sp³-hybridized carbons (Fsp3) is 0.200. The van der Waals surface area contributed by atoms with Crippen molar-refractivity contribution in [3.63, 3.8) is 0 Å². The molecule has 0 aliphatic carbocycles. The summed E-state index contributed by atoms with van der Waals surface area (Å²) in [6.45, 7) is 1.74. The van der Waals surface area contributed by atoms with Crippen LogP contribution in [0.5, 0.6) is 0 Å². The molecule has 0 radical (unpaired) electrons. The Balaban J connectivity index is 2.95. The molecule has 7 nitrogen and oxygen atoms in total.